The molecule has 128 valence electrons. The number of non-ortho nitro benzene ring substituents is 1. The van der Waals surface area contributed by atoms with E-state index in [1.54, 1.807) is 19.1 Å². The second-order valence-electron chi connectivity index (χ2n) is 5.78. The SMILES string of the molecule is CC(NC(=O)C1CC(c2ccccc2)=NO1)c1cccc([N+](=O)[O-])c1. The highest BCUT2D eigenvalue weighted by molar-refractivity contribution is 6.04. The maximum Gasteiger partial charge on any atom is 0.269 e. The minimum absolute atomic E-state index is 0.00888. The number of carbonyl (C=O) groups is 1. The number of nitrogens with one attached hydrogen (secondary N) is 1. The summed E-state index contributed by atoms with van der Waals surface area (Å²) in [5, 5.41) is 17.7. The quantitative estimate of drug-likeness (QED) is 0.669. The molecule has 1 aliphatic heterocycles. The molecule has 0 radical (unpaired) electrons. The van der Waals surface area contributed by atoms with E-state index < -0.39 is 11.0 Å². The highest BCUT2D eigenvalue weighted by atomic mass is 16.6. The van der Waals surface area contributed by atoms with Gasteiger partial charge in [0.05, 0.1) is 16.7 Å². The third kappa shape index (κ3) is 3.82. The number of rotatable bonds is 5. The number of carbonyl (C=O) groups excluding carboxylic acids is 1. The van der Waals surface area contributed by atoms with Gasteiger partial charge < -0.3 is 10.2 Å². The molecule has 0 saturated heterocycles. The van der Waals surface area contributed by atoms with Crippen LogP contribution < -0.4 is 5.32 Å². The van der Waals surface area contributed by atoms with Crippen LogP contribution in [0.3, 0.4) is 0 Å². The van der Waals surface area contributed by atoms with Crippen molar-refractivity contribution < 1.29 is 14.6 Å². The summed E-state index contributed by atoms with van der Waals surface area (Å²) in [5.41, 5.74) is 2.29. The van der Waals surface area contributed by atoms with Crippen LogP contribution in [0.4, 0.5) is 5.69 Å². The van der Waals surface area contributed by atoms with Gasteiger partial charge in [0.25, 0.3) is 11.6 Å². The molecule has 0 spiro atoms. The number of hydrogen-bond donors (Lipinski definition) is 1. The third-order valence-corrected chi connectivity index (χ3v) is 4.01. The van der Waals surface area contributed by atoms with E-state index in [0.29, 0.717) is 12.0 Å². The highest BCUT2D eigenvalue weighted by Gasteiger charge is 2.29. The minimum atomic E-state index is -0.698. The van der Waals surface area contributed by atoms with E-state index in [1.807, 2.05) is 30.3 Å². The molecule has 2 atom stereocenters. The van der Waals surface area contributed by atoms with Crippen molar-refractivity contribution in [2.24, 2.45) is 5.16 Å². The third-order valence-electron chi connectivity index (χ3n) is 4.01. The van der Waals surface area contributed by atoms with Gasteiger partial charge in [-0.15, -0.1) is 0 Å². The Morgan fingerprint density at radius 3 is 2.76 bits per heavy atom. The Labute approximate surface area is 144 Å². The summed E-state index contributed by atoms with van der Waals surface area (Å²) in [6.07, 6.45) is -0.311. The van der Waals surface area contributed by atoms with E-state index in [9.17, 15) is 14.9 Å². The molecule has 0 fully saturated rings. The van der Waals surface area contributed by atoms with Gasteiger partial charge in [-0.05, 0) is 18.1 Å². The van der Waals surface area contributed by atoms with Crippen molar-refractivity contribution in [3.63, 3.8) is 0 Å². The van der Waals surface area contributed by atoms with Gasteiger partial charge >= 0.3 is 0 Å². The summed E-state index contributed by atoms with van der Waals surface area (Å²) in [5.74, 6) is -0.298. The molecule has 0 bridgehead atoms. The average Bonchev–Trinajstić information content (AvgIpc) is 3.13. The van der Waals surface area contributed by atoms with E-state index in [-0.39, 0.29) is 17.6 Å². The average molecular weight is 339 g/mol. The Morgan fingerprint density at radius 1 is 1.28 bits per heavy atom. The zero-order valence-corrected chi connectivity index (χ0v) is 13.6. The fourth-order valence-corrected chi connectivity index (χ4v) is 2.62. The largest absolute Gasteiger partial charge is 0.382 e. The predicted octanol–water partition coefficient (Wildman–Crippen LogP) is 2.97. The first kappa shape index (κ1) is 16.6. The first-order valence-electron chi connectivity index (χ1n) is 7.87. The normalized spacial score (nSPS) is 17.3. The minimum Gasteiger partial charge on any atom is -0.382 e. The summed E-state index contributed by atoms with van der Waals surface area (Å²) in [6.45, 7) is 1.77. The Bertz CT molecular complexity index is 820. The van der Waals surface area contributed by atoms with Crippen molar-refractivity contribution in [3.05, 3.63) is 75.8 Å². The van der Waals surface area contributed by atoms with Crippen molar-refractivity contribution >= 4 is 17.3 Å². The second kappa shape index (κ2) is 7.12. The van der Waals surface area contributed by atoms with Crippen LogP contribution in [0, 0.1) is 10.1 Å². The molecular weight excluding hydrogens is 322 g/mol. The van der Waals surface area contributed by atoms with Crippen LogP contribution in [0.1, 0.15) is 30.5 Å². The lowest BCUT2D eigenvalue weighted by Crippen LogP contribution is -2.36. The fourth-order valence-electron chi connectivity index (χ4n) is 2.62. The Kier molecular flexibility index (Phi) is 4.74. The Balaban J connectivity index is 1.62. The van der Waals surface area contributed by atoms with Crippen molar-refractivity contribution in [3.8, 4) is 0 Å². The van der Waals surface area contributed by atoms with E-state index in [1.165, 1.54) is 12.1 Å². The summed E-state index contributed by atoms with van der Waals surface area (Å²) in [4.78, 5) is 28.0. The molecule has 1 N–H and O–H groups in total. The summed E-state index contributed by atoms with van der Waals surface area (Å²) >= 11 is 0. The number of nitro benzene ring substituents is 1. The molecule has 2 unspecified atom stereocenters. The molecule has 7 nitrogen and oxygen atoms in total. The molecule has 0 aromatic heterocycles. The molecule has 1 heterocycles. The van der Waals surface area contributed by atoms with Crippen molar-refractivity contribution in [2.45, 2.75) is 25.5 Å². The van der Waals surface area contributed by atoms with Crippen LogP contribution in [0.2, 0.25) is 0 Å². The van der Waals surface area contributed by atoms with Crippen LogP contribution in [-0.4, -0.2) is 22.6 Å². The number of oxime groups is 1. The van der Waals surface area contributed by atoms with Crippen molar-refractivity contribution in [2.75, 3.05) is 0 Å². The van der Waals surface area contributed by atoms with E-state index in [2.05, 4.69) is 10.5 Å². The van der Waals surface area contributed by atoms with Gasteiger partial charge in [0, 0.05) is 18.6 Å². The summed E-state index contributed by atoms with van der Waals surface area (Å²) < 4.78 is 0. The Morgan fingerprint density at radius 2 is 2.04 bits per heavy atom. The first-order valence-corrected chi connectivity index (χ1v) is 7.87. The zero-order chi connectivity index (χ0) is 17.8. The van der Waals surface area contributed by atoms with Gasteiger partial charge in [0.15, 0.2) is 0 Å². The highest BCUT2D eigenvalue weighted by Crippen LogP contribution is 2.21. The molecule has 2 aromatic carbocycles. The topological polar surface area (TPSA) is 93.8 Å². The lowest BCUT2D eigenvalue weighted by molar-refractivity contribution is -0.384. The van der Waals surface area contributed by atoms with E-state index in [4.69, 9.17) is 4.84 Å². The molecule has 1 aliphatic rings. The molecule has 7 heteroatoms. The molecule has 3 rings (SSSR count). The van der Waals surface area contributed by atoms with Gasteiger partial charge in [0.2, 0.25) is 6.10 Å². The number of amides is 1. The monoisotopic (exact) mass is 339 g/mol. The van der Waals surface area contributed by atoms with Crippen LogP contribution in [0.15, 0.2) is 59.8 Å². The molecular formula is C18H17N3O4. The van der Waals surface area contributed by atoms with Gasteiger partial charge in [-0.3, -0.25) is 14.9 Å². The maximum absolute atomic E-state index is 12.4. The summed E-state index contributed by atoms with van der Waals surface area (Å²) in [7, 11) is 0. The molecule has 0 aliphatic carbocycles. The fraction of sp³-hybridized carbons (Fsp3) is 0.222. The summed E-state index contributed by atoms with van der Waals surface area (Å²) in [6, 6.07) is 15.3. The number of benzene rings is 2. The number of hydrogen-bond acceptors (Lipinski definition) is 5. The van der Waals surface area contributed by atoms with Gasteiger partial charge in [-0.25, -0.2) is 0 Å². The van der Waals surface area contributed by atoms with Gasteiger partial charge in [-0.1, -0.05) is 47.6 Å². The van der Waals surface area contributed by atoms with E-state index in [0.717, 1.165) is 11.3 Å². The van der Waals surface area contributed by atoms with Crippen LogP contribution in [0.25, 0.3) is 0 Å². The zero-order valence-electron chi connectivity index (χ0n) is 13.6. The molecule has 1 amide bonds. The second-order valence-corrected chi connectivity index (χ2v) is 5.78. The number of nitro groups is 1. The van der Waals surface area contributed by atoms with Gasteiger partial charge in [0.1, 0.15) is 0 Å². The Hall–Kier alpha value is -3.22. The van der Waals surface area contributed by atoms with E-state index >= 15 is 0 Å². The van der Waals surface area contributed by atoms with Crippen LogP contribution in [-0.2, 0) is 9.63 Å². The van der Waals surface area contributed by atoms with Crippen LogP contribution >= 0.6 is 0 Å². The molecule has 25 heavy (non-hydrogen) atoms. The lowest BCUT2D eigenvalue weighted by Gasteiger charge is -2.16. The number of nitrogens with zero attached hydrogens (tertiary/aromatic N) is 2. The van der Waals surface area contributed by atoms with Crippen molar-refractivity contribution in [1.82, 2.24) is 5.32 Å². The smallest absolute Gasteiger partial charge is 0.269 e. The molecule has 0 saturated carbocycles. The van der Waals surface area contributed by atoms with Crippen LogP contribution in [0.5, 0.6) is 0 Å². The standard InChI is InChI=1S/C18H17N3O4/c1-12(14-8-5-9-15(10-14)21(23)24)19-18(22)17-11-16(20-25-17)13-6-3-2-4-7-13/h2-10,12,17H,11H2,1H3,(H,19,22). The maximum atomic E-state index is 12.4. The predicted molar refractivity (Wildman–Crippen MR) is 92.1 cm³/mol. The molecule has 2 aromatic rings. The van der Waals surface area contributed by atoms with Crippen molar-refractivity contribution in [1.29, 1.82) is 0 Å². The first-order chi connectivity index (χ1) is 12.0. The van der Waals surface area contributed by atoms with Gasteiger partial charge in [-0.2, -0.15) is 0 Å². The lowest BCUT2D eigenvalue weighted by atomic mass is 10.0.